The molecule has 0 saturated carbocycles. The molecule has 8 heteroatoms. The van der Waals surface area contributed by atoms with E-state index in [4.69, 9.17) is 51.5 Å². The second-order valence-electron chi connectivity index (χ2n) is 2.23. The molecule has 0 aliphatic carbocycles. The highest BCUT2D eigenvalue weighted by molar-refractivity contribution is 6.68. The molecule has 0 rings (SSSR count). The molecule has 0 aromatic heterocycles. The number of rotatable bonds is 2. The Morgan fingerprint density at radius 3 is 1.83 bits per heavy atom. The Morgan fingerprint density at radius 1 is 1.42 bits per heavy atom. The van der Waals surface area contributed by atoms with Crippen LogP contribution in [0.5, 0.6) is 0 Å². The van der Waals surface area contributed by atoms with Crippen molar-refractivity contribution in [2.24, 2.45) is 0 Å². The number of halogens is 4. The molecule has 0 bridgehead atoms. The van der Waals surface area contributed by atoms with Crippen molar-refractivity contribution in [3.05, 3.63) is 10.1 Å². The summed E-state index contributed by atoms with van der Waals surface area (Å²) in [5, 5.41) is 19.4. The summed E-state index contributed by atoms with van der Waals surface area (Å²) in [5.41, 5.74) is 0. The highest BCUT2D eigenvalue weighted by Crippen LogP contribution is 2.38. The third-order valence-corrected chi connectivity index (χ3v) is 2.13. The second-order valence-corrected chi connectivity index (χ2v) is 5.36. The van der Waals surface area contributed by atoms with Crippen LogP contribution in [0.2, 0.25) is 0 Å². The molecule has 0 amide bonds. The van der Waals surface area contributed by atoms with Crippen LogP contribution < -0.4 is 0 Å². The molecule has 0 spiro atoms. The summed E-state index contributed by atoms with van der Waals surface area (Å²) < 4.78 is -2.18. The molecule has 2 unspecified atom stereocenters. The molecule has 0 fully saturated rings. The van der Waals surface area contributed by atoms with E-state index < -0.39 is 19.8 Å². The first-order chi connectivity index (χ1) is 5.10. The zero-order chi connectivity index (χ0) is 10.2. The fourth-order valence-electron chi connectivity index (χ4n) is 0.399. The summed E-state index contributed by atoms with van der Waals surface area (Å²) >= 11 is 20.9. The second kappa shape index (κ2) is 3.72. The molecule has 1 N–H and O–H groups in total. The Kier molecular flexibility index (Phi) is 3.88. The molecule has 72 valence electrons. The van der Waals surface area contributed by atoms with Crippen molar-refractivity contribution in [3.63, 3.8) is 0 Å². The van der Waals surface area contributed by atoms with Gasteiger partial charge < -0.3 is 5.11 Å². The molecule has 0 aromatic rings. The summed E-state index contributed by atoms with van der Waals surface area (Å²) in [6.07, 6.45) is -1.88. The first-order valence-corrected chi connectivity index (χ1v) is 4.19. The van der Waals surface area contributed by atoms with Gasteiger partial charge in [-0.05, 0) is 11.6 Å². The normalized spacial score (nSPS) is 19.8. The lowest BCUT2D eigenvalue weighted by Gasteiger charge is -2.25. The molecule has 0 aromatic carbocycles. The highest BCUT2D eigenvalue weighted by atomic mass is 35.6. The van der Waals surface area contributed by atoms with Crippen LogP contribution in [-0.4, -0.2) is 24.9 Å². The van der Waals surface area contributed by atoms with Crippen LogP contribution in [0.25, 0.3) is 0 Å². The number of nitrogens with zero attached hydrogens (tertiary/aromatic N) is 1. The molecular formula is C4H5Cl4NO3. The Morgan fingerprint density at radius 2 is 1.75 bits per heavy atom. The summed E-state index contributed by atoms with van der Waals surface area (Å²) in [6.45, 7) is 0.946. The van der Waals surface area contributed by atoms with E-state index in [0.717, 1.165) is 6.92 Å². The minimum atomic E-state index is -2.20. The standard InChI is InChI=1S/C4H5Cl4NO3/c1-3(5,9(11)12)2(10)4(6,7)8/h2,10H,1H3. The van der Waals surface area contributed by atoms with Gasteiger partial charge in [0, 0.05) is 11.8 Å². The van der Waals surface area contributed by atoms with Gasteiger partial charge in [0.15, 0.2) is 6.10 Å². The van der Waals surface area contributed by atoms with Gasteiger partial charge in [0.2, 0.25) is 3.79 Å². The van der Waals surface area contributed by atoms with Crippen LogP contribution in [0.3, 0.4) is 0 Å². The maximum atomic E-state index is 10.2. The quantitative estimate of drug-likeness (QED) is 0.356. The van der Waals surface area contributed by atoms with Crippen molar-refractivity contribution < 1.29 is 10.0 Å². The highest BCUT2D eigenvalue weighted by Gasteiger charge is 2.53. The fraction of sp³-hybridized carbons (Fsp3) is 1.00. The van der Waals surface area contributed by atoms with E-state index in [2.05, 4.69) is 0 Å². The topological polar surface area (TPSA) is 63.4 Å². The number of hydrogen-bond donors (Lipinski definition) is 1. The van der Waals surface area contributed by atoms with Gasteiger partial charge in [-0.25, -0.2) is 0 Å². The number of aliphatic hydroxyl groups excluding tert-OH is 1. The number of hydrogen-bond acceptors (Lipinski definition) is 3. The maximum Gasteiger partial charge on any atom is 0.321 e. The zero-order valence-corrected chi connectivity index (χ0v) is 8.82. The van der Waals surface area contributed by atoms with Crippen LogP contribution in [0.1, 0.15) is 6.92 Å². The van der Waals surface area contributed by atoms with Crippen LogP contribution in [0, 0.1) is 10.1 Å². The number of nitro groups is 1. The smallest absolute Gasteiger partial charge is 0.321 e. The minimum Gasteiger partial charge on any atom is -0.380 e. The van der Waals surface area contributed by atoms with E-state index in [1.807, 2.05) is 0 Å². The Bertz CT molecular complexity index is 189. The van der Waals surface area contributed by atoms with Gasteiger partial charge in [-0.3, -0.25) is 10.1 Å². The van der Waals surface area contributed by atoms with E-state index in [1.165, 1.54) is 0 Å². The Balaban J connectivity index is 4.69. The van der Waals surface area contributed by atoms with Crippen molar-refractivity contribution in [2.75, 3.05) is 0 Å². The first-order valence-electron chi connectivity index (χ1n) is 2.68. The van der Waals surface area contributed by atoms with Gasteiger partial charge in [0.1, 0.15) is 0 Å². The average Bonchev–Trinajstić information content (AvgIpc) is 1.83. The molecule has 0 aliphatic heterocycles. The molecule has 0 heterocycles. The third kappa shape index (κ3) is 2.78. The van der Waals surface area contributed by atoms with Gasteiger partial charge in [-0.2, -0.15) is 0 Å². The van der Waals surface area contributed by atoms with Gasteiger partial charge in [0.05, 0.1) is 0 Å². The van der Waals surface area contributed by atoms with Crippen molar-refractivity contribution in [1.29, 1.82) is 0 Å². The summed E-state index contributed by atoms with van der Waals surface area (Å²) in [6, 6.07) is 0. The van der Waals surface area contributed by atoms with Crippen LogP contribution >= 0.6 is 46.4 Å². The van der Waals surface area contributed by atoms with E-state index >= 15 is 0 Å². The SMILES string of the molecule is CC(Cl)(C(O)C(Cl)(Cl)Cl)[N+](=O)[O-]. The zero-order valence-electron chi connectivity index (χ0n) is 5.80. The average molecular weight is 257 g/mol. The fourth-order valence-corrected chi connectivity index (χ4v) is 1.37. The Labute approximate surface area is 88.5 Å². The lowest BCUT2D eigenvalue weighted by Crippen LogP contribution is -2.48. The number of aliphatic hydroxyl groups is 1. The van der Waals surface area contributed by atoms with Crippen LogP contribution in [-0.2, 0) is 0 Å². The molecule has 0 aliphatic rings. The van der Waals surface area contributed by atoms with Gasteiger partial charge in [-0.15, -0.1) is 0 Å². The molecule has 0 saturated heterocycles. The monoisotopic (exact) mass is 255 g/mol. The molecule has 4 nitrogen and oxygen atoms in total. The van der Waals surface area contributed by atoms with Gasteiger partial charge in [-0.1, -0.05) is 34.8 Å². The van der Waals surface area contributed by atoms with Crippen molar-refractivity contribution >= 4 is 46.4 Å². The lowest BCUT2D eigenvalue weighted by atomic mass is 10.2. The summed E-state index contributed by atoms with van der Waals surface area (Å²) in [4.78, 5) is 7.11. The van der Waals surface area contributed by atoms with Crippen LogP contribution in [0.15, 0.2) is 0 Å². The van der Waals surface area contributed by atoms with E-state index in [1.54, 1.807) is 0 Å². The Hall–Kier alpha value is 0.520. The lowest BCUT2D eigenvalue weighted by molar-refractivity contribution is -0.549. The third-order valence-electron chi connectivity index (χ3n) is 1.17. The van der Waals surface area contributed by atoms with Crippen molar-refractivity contribution in [2.45, 2.75) is 21.8 Å². The molecule has 0 radical (unpaired) electrons. The summed E-state index contributed by atoms with van der Waals surface area (Å²) in [7, 11) is 0. The van der Waals surface area contributed by atoms with E-state index in [0.29, 0.717) is 0 Å². The molecular weight excluding hydrogens is 252 g/mol. The molecule has 2 atom stereocenters. The molecule has 12 heavy (non-hydrogen) atoms. The number of alkyl halides is 4. The first kappa shape index (κ1) is 12.5. The largest absolute Gasteiger partial charge is 0.380 e. The van der Waals surface area contributed by atoms with E-state index in [-0.39, 0.29) is 0 Å². The van der Waals surface area contributed by atoms with Gasteiger partial charge in [0.25, 0.3) is 0 Å². The van der Waals surface area contributed by atoms with Crippen molar-refractivity contribution in [1.82, 2.24) is 0 Å². The minimum absolute atomic E-state index is 0.929. The summed E-state index contributed by atoms with van der Waals surface area (Å²) in [5.74, 6) is 0. The maximum absolute atomic E-state index is 10.2. The predicted molar refractivity (Wildman–Crippen MR) is 47.5 cm³/mol. The predicted octanol–water partition coefficient (Wildman–Crippen LogP) is 1.95. The van der Waals surface area contributed by atoms with E-state index in [9.17, 15) is 10.1 Å². The van der Waals surface area contributed by atoms with Gasteiger partial charge >= 0.3 is 5.00 Å². The van der Waals surface area contributed by atoms with Crippen molar-refractivity contribution in [3.8, 4) is 0 Å². The van der Waals surface area contributed by atoms with Crippen LogP contribution in [0.4, 0.5) is 0 Å².